The van der Waals surface area contributed by atoms with Crippen LogP contribution < -0.4 is 5.30 Å². The van der Waals surface area contributed by atoms with Crippen LogP contribution in [0.25, 0.3) is 43.8 Å². The van der Waals surface area contributed by atoms with Crippen molar-refractivity contribution in [1.29, 1.82) is 0 Å². The number of benzene rings is 6. The molecular weight excluding hydrogens is 732 g/mol. The highest BCUT2D eigenvalue weighted by Gasteiger charge is 2.42. The first-order valence-electron chi connectivity index (χ1n) is 19.4. The van der Waals surface area contributed by atoms with Crippen LogP contribution >= 0.6 is 7.94 Å². The second-order valence-corrected chi connectivity index (χ2v) is 23.1. The standard InChI is InChI=1S/C49H58O5PS/c1-46(2,3)36-20-18-32-26-38(40(48(7,8)9)28-34(32)24-36)44-42(55(50,51)52)22-23-43(56(53,54)30-31-16-14-13-15-17-31)45(44)39-27-33-19-21-37(47(4,5)6)25-35(33)29-41(39)49(10,11)12/h13-29,50-52H,30H2,1-12H3/q+1. The van der Waals surface area contributed by atoms with Gasteiger partial charge in [-0.15, -0.1) is 0 Å². The van der Waals surface area contributed by atoms with E-state index in [4.69, 9.17) is 0 Å². The van der Waals surface area contributed by atoms with E-state index in [1.54, 1.807) is 12.1 Å². The van der Waals surface area contributed by atoms with Crippen molar-refractivity contribution >= 4 is 44.6 Å². The maximum atomic E-state index is 15.0. The van der Waals surface area contributed by atoms with Gasteiger partial charge in [-0.25, -0.2) is 8.42 Å². The second-order valence-electron chi connectivity index (χ2n) is 19.6. The molecule has 0 amide bonds. The molecule has 0 aliphatic rings. The fraction of sp³-hybridized carbons (Fsp3) is 0.347. The lowest BCUT2D eigenvalue weighted by Crippen LogP contribution is -2.21. The van der Waals surface area contributed by atoms with E-state index >= 15 is 0 Å². The van der Waals surface area contributed by atoms with Gasteiger partial charge in [0.25, 0.3) is 0 Å². The highest BCUT2D eigenvalue weighted by atomic mass is 32.2. The van der Waals surface area contributed by atoms with E-state index in [2.05, 4.69) is 132 Å². The summed E-state index contributed by atoms with van der Waals surface area (Å²) in [6, 6.07) is 33.1. The van der Waals surface area contributed by atoms with E-state index in [-0.39, 0.29) is 26.8 Å². The Bertz CT molecular complexity index is 2570. The van der Waals surface area contributed by atoms with Crippen LogP contribution in [0.4, 0.5) is 0 Å². The van der Waals surface area contributed by atoms with E-state index in [9.17, 15) is 23.1 Å². The van der Waals surface area contributed by atoms with Gasteiger partial charge in [0.2, 0.25) is 0 Å². The van der Waals surface area contributed by atoms with Crippen molar-refractivity contribution in [2.45, 2.75) is 115 Å². The molecule has 5 nitrogen and oxygen atoms in total. The molecule has 6 aromatic rings. The molecule has 56 heavy (non-hydrogen) atoms. The third kappa shape index (κ3) is 8.37. The molecule has 294 valence electrons. The Hall–Kier alpha value is -3.90. The predicted octanol–water partition coefficient (Wildman–Crippen LogP) is 11.9. The van der Waals surface area contributed by atoms with Gasteiger partial charge in [0.15, 0.2) is 15.1 Å². The summed E-state index contributed by atoms with van der Waals surface area (Å²) in [6.07, 6.45) is 0. The predicted molar refractivity (Wildman–Crippen MR) is 238 cm³/mol. The van der Waals surface area contributed by atoms with Crippen molar-refractivity contribution in [3.63, 3.8) is 0 Å². The fourth-order valence-corrected chi connectivity index (χ4v) is 10.1. The van der Waals surface area contributed by atoms with Gasteiger partial charge in [-0.1, -0.05) is 150 Å². The normalized spacial score (nSPS) is 13.5. The zero-order valence-corrected chi connectivity index (χ0v) is 36.7. The number of fused-ring (bicyclic) bond motifs is 2. The topological polar surface area (TPSA) is 94.8 Å². The minimum Gasteiger partial charge on any atom is -0.223 e. The van der Waals surface area contributed by atoms with Crippen LogP contribution in [0, 0.1) is 0 Å². The first-order valence-corrected chi connectivity index (χ1v) is 22.7. The molecule has 0 unspecified atom stereocenters. The average Bonchev–Trinajstić information content (AvgIpc) is 3.07. The number of hydrogen-bond acceptors (Lipinski definition) is 5. The van der Waals surface area contributed by atoms with E-state index in [1.807, 2.05) is 30.3 Å². The molecular formula is C49H58O5PS+. The van der Waals surface area contributed by atoms with Gasteiger partial charge in [0, 0.05) is 11.1 Å². The molecule has 0 atom stereocenters. The lowest BCUT2D eigenvalue weighted by atomic mass is 9.76. The van der Waals surface area contributed by atoms with Crippen LogP contribution in [0.3, 0.4) is 0 Å². The highest BCUT2D eigenvalue weighted by molar-refractivity contribution is 7.90. The highest BCUT2D eigenvalue weighted by Crippen LogP contribution is 2.53. The van der Waals surface area contributed by atoms with E-state index in [0.29, 0.717) is 27.8 Å². The van der Waals surface area contributed by atoms with Gasteiger partial charge in [-0.3, -0.25) is 0 Å². The van der Waals surface area contributed by atoms with Gasteiger partial charge in [-0.2, -0.15) is 14.7 Å². The first kappa shape index (κ1) is 41.7. The molecule has 0 aliphatic carbocycles. The molecule has 7 heteroatoms. The second kappa shape index (κ2) is 14.2. The van der Waals surface area contributed by atoms with Crippen LogP contribution in [0.2, 0.25) is 0 Å². The molecule has 6 aromatic carbocycles. The van der Waals surface area contributed by atoms with E-state index < -0.39 is 28.6 Å². The van der Waals surface area contributed by atoms with E-state index in [0.717, 1.165) is 32.7 Å². The van der Waals surface area contributed by atoms with Crippen molar-refractivity contribution in [3.05, 3.63) is 131 Å². The monoisotopic (exact) mass is 789 g/mol. The lowest BCUT2D eigenvalue weighted by molar-refractivity contribution is 0.347. The van der Waals surface area contributed by atoms with Crippen LogP contribution in [-0.2, 0) is 37.3 Å². The molecule has 0 aromatic heterocycles. The molecule has 0 fully saturated rings. The molecule has 0 radical (unpaired) electrons. The Balaban J connectivity index is 1.85. The summed E-state index contributed by atoms with van der Waals surface area (Å²) in [7, 11) is -8.82. The maximum absolute atomic E-state index is 15.0. The minimum atomic E-state index is -4.74. The zero-order valence-electron chi connectivity index (χ0n) is 35.0. The molecule has 0 bridgehead atoms. The van der Waals surface area contributed by atoms with Gasteiger partial charge < -0.3 is 0 Å². The SMILES string of the molecule is CC(C)(C)c1ccc2cc(-c3c([P+](O)(O)O)ccc(S(=O)(=O)Cc4ccccc4)c3-c3cc4ccc(C(C)(C)C)cc4cc3C(C)(C)C)c(C(C)(C)C)cc2c1. The molecule has 3 N–H and O–H groups in total. The smallest absolute Gasteiger partial charge is 0.223 e. The van der Waals surface area contributed by atoms with Crippen molar-refractivity contribution in [1.82, 2.24) is 0 Å². The Labute approximate surface area is 335 Å². The van der Waals surface area contributed by atoms with Gasteiger partial charge in [0.1, 0.15) is 0 Å². The zero-order chi connectivity index (χ0) is 41.4. The van der Waals surface area contributed by atoms with Crippen molar-refractivity contribution in [3.8, 4) is 22.3 Å². The summed E-state index contributed by atoms with van der Waals surface area (Å²) < 4.78 is 29.9. The van der Waals surface area contributed by atoms with Gasteiger partial charge >= 0.3 is 7.94 Å². The molecule has 0 heterocycles. The average molecular weight is 790 g/mol. The molecule has 6 rings (SSSR count). The summed E-state index contributed by atoms with van der Waals surface area (Å²) in [5, 5.41) is 3.80. The number of hydrogen-bond donors (Lipinski definition) is 3. The largest absolute Gasteiger partial charge is 0.441 e. The Kier molecular flexibility index (Phi) is 10.6. The van der Waals surface area contributed by atoms with Crippen LogP contribution in [0.15, 0.2) is 108 Å². The fourth-order valence-electron chi connectivity index (χ4n) is 7.68. The summed E-state index contributed by atoms with van der Waals surface area (Å²) in [4.78, 5) is 34.1. The quantitative estimate of drug-likeness (QED) is 0.146. The molecule has 0 aliphatic heterocycles. The summed E-state index contributed by atoms with van der Waals surface area (Å²) >= 11 is 0. The third-order valence-electron chi connectivity index (χ3n) is 10.8. The lowest BCUT2D eigenvalue weighted by Gasteiger charge is -2.30. The van der Waals surface area contributed by atoms with Gasteiger partial charge in [0.05, 0.1) is 10.6 Å². The molecule has 0 spiro atoms. The van der Waals surface area contributed by atoms with Crippen molar-refractivity contribution < 1.29 is 23.1 Å². The van der Waals surface area contributed by atoms with Crippen LogP contribution in [0.5, 0.6) is 0 Å². The molecule has 0 saturated heterocycles. The van der Waals surface area contributed by atoms with Crippen molar-refractivity contribution in [2.75, 3.05) is 0 Å². The minimum absolute atomic E-state index is 0.0627. The third-order valence-corrected chi connectivity index (χ3v) is 13.6. The summed E-state index contributed by atoms with van der Waals surface area (Å²) in [6.45, 7) is 25.7. The Morgan fingerprint density at radius 1 is 0.482 bits per heavy atom. The number of sulfone groups is 1. The maximum Gasteiger partial charge on any atom is 0.441 e. The molecule has 0 saturated carbocycles. The first-order chi connectivity index (χ1) is 25.7. The van der Waals surface area contributed by atoms with Crippen molar-refractivity contribution in [2.24, 2.45) is 0 Å². The van der Waals surface area contributed by atoms with Crippen LogP contribution in [-0.4, -0.2) is 23.1 Å². The van der Waals surface area contributed by atoms with Crippen LogP contribution in [0.1, 0.15) is 111 Å². The summed E-state index contributed by atoms with van der Waals surface area (Å²) in [5.74, 6) is -0.260. The summed E-state index contributed by atoms with van der Waals surface area (Å²) in [5.41, 5.74) is 5.62. The number of rotatable bonds is 6. The van der Waals surface area contributed by atoms with Gasteiger partial charge in [-0.05, 0) is 119 Å². The Morgan fingerprint density at radius 3 is 1.34 bits per heavy atom. The Morgan fingerprint density at radius 2 is 0.929 bits per heavy atom. The van der Waals surface area contributed by atoms with E-state index in [1.165, 1.54) is 23.3 Å².